The molecule has 2 amide bonds. The Labute approximate surface area is 274 Å². The van der Waals surface area contributed by atoms with Crippen LogP contribution in [0, 0.1) is 5.92 Å². The molecule has 4 bridgehead atoms. The lowest BCUT2D eigenvalue weighted by Gasteiger charge is -2.42. The predicted molar refractivity (Wildman–Crippen MR) is 170 cm³/mol. The summed E-state index contributed by atoms with van der Waals surface area (Å²) < 4.78 is 28.7. The van der Waals surface area contributed by atoms with Crippen LogP contribution >= 0.6 is 11.6 Å². The first kappa shape index (κ1) is 35.7. The molecule has 7 unspecified atom stereocenters. The quantitative estimate of drug-likeness (QED) is 0.312. The van der Waals surface area contributed by atoms with Crippen LogP contribution in [-0.2, 0) is 35.0 Å². The van der Waals surface area contributed by atoms with Crippen molar-refractivity contribution in [1.29, 1.82) is 0 Å². The van der Waals surface area contributed by atoms with E-state index in [-0.39, 0.29) is 24.3 Å². The van der Waals surface area contributed by atoms with Crippen LogP contribution in [-0.4, -0.2) is 90.8 Å². The highest BCUT2D eigenvalue weighted by Crippen LogP contribution is 2.49. The Morgan fingerprint density at radius 3 is 2.59 bits per heavy atom. The summed E-state index contributed by atoms with van der Waals surface area (Å²) in [5.41, 5.74) is -2.14. The van der Waals surface area contributed by atoms with Gasteiger partial charge in [-0.05, 0) is 51.8 Å². The molecule has 3 aliphatic heterocycles. The molecule has 12 nitrogen and oxygen atoms in total. The van der Waals surface area contributed by atoms with Gasteiger partial charge < -0.3 is 38.8 Å². The van der Waals surface area contributed by atoms with Gasteiger partial charge in [0.05, 0.1) is 37.3 Å². The largest absolute Gasteiger partial charge is 0.495 e. The highest BCUT2D eigenvalue weighted by Gasteiger charge is 2.64. The van der Waals surface area contributed by atoms with E-state index in [1.165, 1.54) is 33.0 Å². The van der Waals surface area contributed by atoms with Crippen LogP contribution in [0.2, 0.25) is 5.02 Å². The summed E-state index contributed by atoms with van der Waals surface area (Å²) in [6.45, 7) is 8.40. The number of alkyl carbamates (subject to hydrolysis) is 1. The highest BCUT2D eigenvalue weighted by molar-refractivity contribution is 6.35. The smallest absolute Gasteiger partial charge is 0.409 e. The van der Waals surface area contributed by atoms with Gasteiger partial charge in [0.2, 0.25) is 5.91 Å². The van der Waals surface area contributed by atoms with Crippen molar-refractivity contribution in [3.8, 4) is 5.75 Å². The van der Waals surface area contributed by atoms with Crippen molar-refractivity contribution < 1.29 is 48.3 Å². The fourth-order valence-corrected chi connectivity index (χ4v) is 6.47. The lowest BCUT2D eigenvalue weighted by molar-refractivity contribution is -0.158. The first-order chi connectivity index (χ1) is 21.4. The molecule has 0 radical (unpaired) electrons. The van der Waals surface area contributed by atoms with E-state index in [1.807, 2.05) is 13.0 Å². The van der Waals surface area contributed by atoms with Gasteiger partial charge in [-0.3, -0.25) is 14.9 Å². The molecule has 3 N–H and O–H groups in total. The maximum absolute atomic E-state index is 13.9. The molecule has 3 heterocycles. The van der Waals surface area contributed by atoms with E-state index in [2.05, 4.69) is 5.32 Å². The average Bonchev–Trinajstić information content (AvgIpc) is 3.65. The highest BCUT2D eigenvalue weighted by atomic mass is 35.5. The average molecular weight is 665 g/mol. The molecule has 1 aromatic carbocycles. The van der Waals surface area contributed by atoms with Crippen molar-refractivity contribution >= 4 is 35.3 Å². The minimum atomic E-state index is -1.80. The zero-order valence-corrected chi connectivity index (χ0v) is 28.3. The summed E-state index contributed by atoms with van der Waals surface area (Å²) in [6.07, 6.45) is 0.857. The number of fused-ring (bicyclic) bond motifs is 5. The van der Waals surface area contributed by atoms with E-state index >= 15 is 0 Å². The SMILES string of the molecule is COc1cc2cc(c1Cl)N(C)C(=O)CC(OC(=O)CC(C)(C)O)C1(C)OC1C(C)C1CC(O)(NC(=O)O1)C(OC)C=CC=C(C)C2. The van der Waals surface area contributed by atoms with E-state index < -0.39 is 65.2 Å². The first-order valence-corrected chi connectivity index (χ1v) is 15.6. The molecule has 7 atom stereocenters. The molecule has 3 aliphatic rings. The molecular formula is C33H45ClN2O10. The molecule has 13 heteroatoms. The summed E-state index contributed by atoms with van der Waals surface area (Å²) in [4.78, 5) is 40.9. The van der Waals surface area contributed by atoms with Crippen LogP contribution < -0.4 is 15.0 Å². The van der Waals surface area contributed by atoms with Crippen molar-refractivity contribution in [3.05, 3.63) is 46.5 Å². The number of aliphatic hydroxyl groups is 2. The van der Waals surface area contributed by atoms with E-state index in [4.69, 9.17) is 35.3 Å². The normalized spacial score (nSPS) is 32.1. The molecule has 1 aromatic rings. The van der Waals surface area contributed by atoms with Gasteiger partial charge in [0, 0.05) is 26.5 Å². The van der Waals surface area contributed by atoms with Crippen molar-refractivity contribution in [2.75, 3.05) is 26.2 Å². The molecule has 46 heavy (non-hydrogen) atoms. The van der Waals surface area contributed by atoms with E-state index in [9.17, 15) is 24.6 Å². The Hall–Kier alpha value is -3.16. The summed E-state index contributed by atoms with van der Waals surface area (Å²) in [5, 5.41) is 24.6. The Morgan fingerprint density at radius 2 is 1.96 bits per heavy atom. The summed E-state index contributed by atoms with van der Waals surface area (Å²) in [5.74, 6) is -1.24. The van der Waals surface area contributed by atoms with Crippen LogP contribution in [0.1, 0.15) is 59.4 Å². The number of halogens is 1. The number of nitrogens with one attached hydrogen (secondary N) is 1. The number of amides is 2. The van der Waals surface area contributed by atoms with Gasteiger partial charge in [-0.25, -0.2) is 4.79 Å². The number of carbonyl (C=O) groups excluding carboxylic acids is 3. The van der Waals surface area contributed by atoms with Crippen molar-refractivity contribution in [3.63, 3.8) is 0 Å². The fraction of sp³-hybridized carbons (Fsp3) is 0.606. The third-order valence-corrected chi connectivity index (χ3v) is 9.18. The number of nitrogens with zero attached hydrogens (tertiary/aromatic N) is 1. The topological polar surface area (TPSA) is 156 Å². The fourth-order valence-electron chi connectivity index (χ4n) is 6.16. The zero-order chi connectivity index (χ0) is 34.2. The molecular weight excluding hydrogens is 620 g/mol. The monoisotopic (exact) mass is 664 g/mol. The number of hydrogen-bond donors (Lipinski definition) is 3. The number of anilines is 1. The van der Waals surface area contributed by atoms with Gasteiger partial charge in [0.1, 0.15) is 34.7 Å². The number of methoxy groups -OCH3 is 2. The third-order valence-electron chi connectivity index (χ3n) is 8.80. The summed E-state index contributed by atoms with van der Waals surface area (Å²) in [6, 6.07) is 3.59. The van der Waals surface area contributed by atoms with E-state index in [0.717, 1.165) is 11.1 Å². The Kier molecular flexibility index (Phi) is 10.5. The van der Waals surface area contributed by atoms with Crippen LogP contribution in [0.15, 0.2) is 35.9 Å². The molecule has 0 aliphatic carbocycles. The van der Waals surface area contributed by atoms with Crippen molar-refractivity contribution in [2.24, 2.45) is 5.92 Å². The second kappa shape index (κ2) is 13.5. The van der Waals surface area contributed by atoms with Gasteiger partial charge in [-0.1, -0.05) is 42.3 Å². The number of esters is 1. The summed E-state index contributed by atoms with van der Waals surface area (Å²) >= 11 is 6.69. The van der Waals surface area contributed by atoms with Gasteiger partial charge >= 0.3 is 12.1 Å². The molecule has 4 rings (SSSR count). The van der Waals surface area contributed by atoms with Crippen molar-refractivity contribution in [1.82, 2.24) is 5.32 Å². The summed E-state index contributed by atoms with van der Waals surface area (Å²) in [7, 11) is 4.50. The number of allylic oxidation sites excluding steroid dienone is 3. The van der Waals surface area contributed by atoms with Gasteiger partial charge in [-0.2, -0.15) is 0 Å². The Bertz CT molecular complexity index is 1410. The van der Waals surface area contributed by atoms with Gasteiger partial charge in [0.15, 0.2) is 5.72 Å². The zero-order valence-electron chi connectivity index (χ0n) is 27.6. The number of benzene rings is 1. The number of rotatable bonds is 5. The second-order valence-electron chi connectivity index (χ2n) is 13.3. The maximum atomic E-state index is 13.9. The molecule has 0 spiro atoms. The molecule has 0 aromatic heterocycles. The number of hydrogen-bond acceptors (Lipinski definition) is 10. The lowest BCUT2D eigenvalue weighted by atomic mass is 9.83. The predicted octanol–water partition coefficient (Wildman–Crippen LogP) is 3.83. The number of epoxide rings is 1. The van der Waals surface area contributed by atoms with E-state index in [1.54, 1.807) is 45.2 Å². The van der Waals surface area contributed by atoms with Crippen LogP contribution in [0.4, 0.5) is 10.5 Å². The minimum absolute atomic E-state index is 0.0314. The van der Waals surface area contributed by atoms with E-state index in [0.29, 0.717) is 17.9 Å². The molecule has 2 saturated heterocycles. The van der Waals surface area contributed by atoms with Crippen molar-refractivity contribution in [2.45, 2.75) is 102 Å². The molecule has 2 fully saturated rings. The lowest BCUT2D eigenvalue weighted by Crippen LogP contribution is -2.63. The Morgan fingerprint density at radius 1 is 1.26 bits per heavy atom. The first-order valence-electron chi connectivity index (χ1n) is 15.2. The maximum Gasteiger partial charge on any atom is 0.409 e. The molecule has 254 valence electrons. The Balaban J connectivity index is 1.79. The van der Waals surface area contributed by atoms with Crippen LogP contribution in [0.3, 0.4) is 0 Å². The third kappa shape index (κ3) is 7.86. The second-order valence-corrected chi connectivity index (χ2v) is 13.6. The molecule has 0 saturated carbocycles. The van der Waals surface area contributed by atoms with Crippen LogP contribution in [0.5, 0.6) is 5.75 Å². The number of ether oxygens (including phenoxy) is 5. The standard InChI is InChI=1S/C33H45ClN2O10/c1-18-10-9-11-24(43-8)33(41)16-23(44-30(39)35-33)19(2)29-32(5,46-29)25(45-27(38)17-31(3,4)40)15-26(37)36(6)21-13-20(12-18)14-22(42-7)28(21)34/h9-11,13-14,19,23-25,29,40-41H,12,15-17H2,1-8H3,(H,35,39). The van der Waals surface area contributed by atoms with Crippen LogP contribution in [0.25, 0.3) is 0 Å². The minimum Gasteiger partial charge on any atom is -0.495 e. The van der Waals surface area contributed by atoms with Gasteiger partial charge in [-0.15, -0.1) is 0 Å². The van der Waals surface area contributed by atoms with Gasteiger partial charge in [0.25, 0.3) is 0 Å². The number of carbonyl (C=O) groups is 3.